The molecule has 0 spiro atoms. The number of rotatable bonds is 7. The third-order valence-electron chi connectivity index (χ3n) is 4.11. The topological polar surface area (TPSA) is 116 Å². The first-order valence-corrected chi connectivity index (χ1v) is 9.14. The Labute approximate surface area is 163 Å². The highest BCUT2D eigenvalue weighted by atomic mass is 16.5. The minimum atomic E-state index is -1.26. The summed E-state index contributed by atoms with van der Waals surface area (Å²) in [6, 6.07) is 12.1. The molecule has 0 radical (unpaired) electrons. The molecule has 0 amide bonds. The summed E-state index contributed by atoms with van der Waals surface area (Å²) in [4.78, 5) is 21.6. The lowest BCUT2D eigenvalue weighted by Crippen LogP contribution is -2.33. The van der Waals surface area contributed by atoms with Gasteiger partial charge in [-0.25, -0.2) is 9.59 Å². The van der Waals surface area contributed by atoms with Crippen molar-refractivity contribution in [1.82, 2.24) is 15.1 Å². The van der Waals surface area contributed by atoms with E-state index in [-0.39, 0.29) is 0 Å². The predicted molar refractivity (Wildman–Crippen MR) is 104 cm³/mol. The van der Waals surface area contributed by atoms with Gasteiger partial charge in [0, 0.05) is 24.8 Å². The molecule has 0 bridgehead atoms. The number of carbonyl (C=O) groups is 2. The Morgan fingerprint density at radius 3 is 2.32 bits per heavy atom. The van der Waals surface area contributed by atoms with Crippen molar-refractivity contribution in [2.24, 2.45) is 0 Å². The number of likely N-dealkylation sites (tertiary alicyclic amines) is 1. The number of ether oxygens (including phenoxy) is 1. The van der Waals surface area contributed by atoms with Crippen LogP contribution in [0, 0.1) is 0 Å². The van der Waals surface area contributed by atoms with Gasteiger partial charge in [0.2, 0.25) is 5.88 Å². The van der Waals surface area contributed by atoms with E-state index in [1.807, 2.05) is 24.3 Å². The maximum absolute atomic E-state index is 9.55. The highest BCUT2D eigenvalue weighted by Gasteiger charge is 2.10. The van der Waals surface area contributed by atoms with Crippen LogP contribution in [0.5, 0.6) is 5.88 Å². The molecular formula is C20H25N3O5. The Morgan fingerprint density at radius 1 is 1.07 bits per heavy atom. The van der Waals surface area contributed by atoms with Crippen molar-refractivity contribution in [2.75, 3.05) is 26.2 Å². The molecule has 28 heavy (non-hydrogen) atoms. The van der Waals surface area contributed by atoms with Crippen LogP contribution >= 0.6 is 0 Å². The molecule has 1 aromatic heterocycles. The number of H-pyrrole nitrogens is 1. The molecular weight excluding hydrogens is 362 g/mol. The SMILES string of the molecule is O=C(O)/C=C\C(=O)O.c1ccc(-c2cc(OCCN3CCCCC3)n[nH]2)cc1. The number of aliphatic carboxylic acids is 2. The van der Waals surface area contributed by atoms with Gasteiger partial charge in [-0.3, -0.25) is 10.00 Å². The van der Waals surface area contributed by atoms with Crippen molar-refractivity contribution in [3.63, 3.8) is 0 Å². The van der Waals surface area contributed by atoms with E-state index in [1.54, 1.807) is 0 Å². The van der Waals surface area contributed by atoms with Crippen LogP contribution in [-0.4, -0.2) is 63.5 Å². The van der Waals surface area contributed by atoms with E-state index in [2.05, 4.69) is 27.2 Å². The Kier molecular flexibility index (Phi) is 8.74. The molecule has 0 saturated carbocycles. The maximum Gasteiger partial charge on any atom is 0.328 e. The van der Waals surface area contributed by atoms with Gasteiger partial charge in [0.05, 0.1) is 5.69 Å². The average Bonchev–Trinajstić information content (AvgIpc) is 3.17. The van der Waals surface area contributed by atoms with Crippen LogP contribution in [-0.2, 0) is 9.59 Å². The number of piperidine rings is 1. The maximum atomic E-state index is 9.55. The van der Waals surface area contributed by atoms with Gasteiger partial charge < -0.3 is 14.9 Å². The second-order valence-electron chi connectivity index (χ2n) is 6.25. The molecule has 0 unspecified atom stereocenters. The molecule has 1 fully saturated rings. The predicted octanol–water partition coefficient (Wildman–Crippen LogP) is 2.65. The lowest BCUT2D eigenvalue weighted by atomic mass is 10.1. The molecule has 1 aromatic carbocycles. The van der Waals surface area contributed by atoms with Gasteiger partial charge in [0.15, 0.2) is 0 Å². The van der Waals surface area contributed by atoms with Gasteiger partial charge in [0.25, 0.3) is 0 Å². The largest absolute Gasteiger partial charge is 0.478 e. The molecule has 8 nitrogen and oxygen atoms in total. The van der Waals surface area contributed by atoms with Crippen LogP contribution < -0.4 is 4.74 Å². The van der Waals surface area contributed by atoms with Crippen LogP contribution in [0.15, 0.2) is 48.6 Å². The first-order chi connectivity index (χ1) is 13.5. The monoisotopic (exact) mass is 387 g/mol. The number of carboxylic acid groups (broad SMARTS) is 2. The highest BCUT2D eigenvalue weighted by molar-refractivity contribution is 5.89. The number of nitrogens with zero attached hydrogens (tertiary/aromatic N) is 2. The van der Waals surface area contributed by atoms with Gasteiger partial charge in [-0.15, -0.1) is 5.10 Å². The standard InChI is InChI=1S/C16H21N3O.C4H4O4/c1-3-7-14(8-4-1)15-13-16(18-17-15)20-12-11-19-9-5-2-6-10-19;5-3(6)1-2-4(7)8/h1,3-4,7-8,13H,2,5-6,9-12H2,(H,17,18);1-2H,(H,5,6)(H,7,8)/b;2-1-. The molecule has 1 aliphatic heterocycles. The van der Waals surface area contributed by atoms with Crippen LogP contribution in [0.4, 0.5) is 0 Å². The number of nitrogens with one attached hydrogen (secondary N) is 1. The number of benzene rings is 1. The van der Waals surface area contributed by atoms with E-state index in [9.17, 15) is 9.59 Å². The fraction of sp³-hybridized carbons (Fsp3) is 0.350. The second kappa shape index (κ2) is 11.6. The van der Waals surface area contributed by atoms with Crippen molar-refractivity contribution in [2.45, 2.75) is 19.3 Å². The van der Waals surface area contributed by atoms with Gasteiger partial charge in [0.1, 0.15) is 6.61 Å². The summed E-state index contributed by atoms with van der Waals surface area (Å²) >= 11 is 0. The fourth-order valence-corrected chi connectivity index (χ4v) is 2.75. The summed E-state index contributed by atoms with van der Waals surface area (Å²) in [5, 5.41) is 22.9. The van der Waals surface area contributed by atoms with E-state index in [1.165, 1.54) is 32.4 Å². The summed E-state index contributed by atoms with van der Waals surface area (Å²) in [5.74, 6) is -1.83. The summed E-state index contributed by atoms with van der Waals surface area (Å²) in [6.45, 7) is 4.12. The molecule has 2 aromatic rings. The first kappa shape index (κ1) is 21.2. The van der Waals surface area contributed by atoms with E-state index in [0.717, 1.165) is 17.8 Å². The lowest BCUT2D eigenvalue weighted by Gasteiger charge is -2.25. The summed E-state index contributed by atoms with van der Waals surface area (Å²) in [6.07, 6.45) is 5.13. The number of aromatic amines is 1. The summed E-state index contributed by atoms with van der Waals surface area (Å²) < 4.78 is 5.73. The normalized spacial score (nSPS) is 14.3. The average molecular weight is 387 g/mol. The van der Waals surface area contributed by atoms with Gasteiger partial charge in [-0.1, -0.05) is 36.8 Å². The Bertz CT molecular complexity index is 751. The van der Waals surface area contributed by atoms with Crippen molar-refractivity contribution in [3.8, 4) is 17.1 Å². The zero-order valence-electron chi connectivity index (χ0n) is 15.6. The smallest absolute Gasteiger partial charge is 0.328 e. The number of hydrogen-bond acceptors (Lipinski definition) is 5. The molecule has 0 atom stereocenters. The van der Waals surface area contributed by atoms with Gasteiger partial charge in [-0.2, -0.15) is 0 Å². The van der Waals surface area contributed by atoms with Crippen LogP contribution in [0.2, 0.25) is 0 Å². The number of aromatic nitrogens is 2. The van der Waals surface area contributed by atoms with E-state index >= 15 is 0 Å². The minimum Gasteiger partial charge on any atom is -0.478 e. The third kappa shape index (κ3) is 8.05. The highest BCUT2D eigenvalue weighted by Crippen LogP contribution is 2.20. The molecule has 0 aliphatic carbocycles. The van der Waals surface area contributed by atoms with Crippen molar-refractivity contribution < 1.29 is 24.5 Å². The van der Waals surface area contributed by atoms with E-state index < -0.39 is 11.9 Å². The molecule has 2 heterocycles. The molecule has 1 aliphatic rings. The summed E-state index contributed by atoms with van der Waals surface area (Å²) in [7, 11) is 0. The fourth-order valence-electron chi connectivity index (χ4n) is 2.75. The van der Waals surface area contributed by atoms with Gasteiger partial charge >= 0.3 is 11.9 Å². The Balaban J connectivity index is 0.000000300. The lowest BCUT2D eigenvalue weighted by molar-refractivity contribution is -0.134. The van der Waals surface area contributed by atoms with Gasteiger partial charge in [-0.05, 0) is 31.5 Å². The second-order valence-corrected chi connectivity index (χ2v) is 6.25. The van der Waals surface area contributed by atoms with Crippen LogP contribution in [0.25, 0.3) is 11.3 Å². The molecule has 150 valence electrons. The zero-order chi connectivity index (χ0) is 20.2. The Morgan fingerprint density at radius 2 is 1.71 bits per heavy atom. The number of hydrogen-bond donors (Lipinski definition) is 3. The van der Waals surface area contributed by atoms with Crippen molar-refractivity contribution in [3.05, 3.63) is 48.6 Å². The third-order valence-corrected chi connectivity index (χ3v) is 4.11. The quantitative estimate of drug-likeness (QED) is 0.626. The van der Waals surface area contributed by atoms with E-state index in [0.29, 0.717) is 24.6 Å². The number of carboxylic acids is 2. The molecule has 3 N–H and O–H groups in total. The first-order valence-electron chi connectivity index (χ1n) is 9.14. The molecule has 1 saturated heterocycles. The van der Waals surface area contributed by atoms with Crippen molar-refractivity contribution in [1.29, 1.82) is 0 Å². The van der Waals surface area contributed by atoms with Crippen LogP contribution in [0.1, 0.15) is 19.3 Å². The zero-order valence-corrected chi connectivity index (χ0v) is 15.6. The molecule has 8 heteroatoms. The van der Waals surface area contributed by atoms with Crippen LogP contribution in [0.3, 0.4) is 0 Å². The van der Waals surface area contributed by atoms with E-state index in [4.69, 9.17) is 14.9 Å². The van der Waals surface area contributed by atoms with Crippen molar-refractivity contribution >= 4 is 11.9 Å². The minimum absolute atomic E-state index is 0.558. The molecule has 3 rings (SSSR count). The Hall–Kier alpha value is -3.13. The summed E-state index contributed by atoms with van der Waals surface area (Å²) in [5.41, 5.74) is 2.13.